The summed E-state index contributed by atoms with van der Waals surface area (Å²) in [5.74, 6) is 1.20. The maximum atomic E-state index is 9.77. The molecule has 2 N–H and O–H groups in total. The first kappa shape index (κ1) is 9.97. The Hall–Kier alpha value is -1.22. The van der Waals surface area contributed by atoms with Gasteiger partial charge in [-0.25, -0.2) is 0 Å². The zero-order valence-corrected chi connectivity index (χ0v) is 9.28. The van der Waals surface area contributed by atoms with Crippen molar-refractivity contribution in [2.75, 3.05) is 6.61 Å². The standard InChI is InChI=1S/C13H17NO2/c15-12-5-2-6-13-11(12)7-10(8-16-13)14-9-3-1-4-9/h2,5-6,9-10,14-15H,1,3-4,7-8H2. The molecular formula is C13H17NO2. The van der Waals surface area contributed by atoms with Crippen molar-refractivity contribution in [3.8, 4) is 11.5 Å². The Morgan fingerprint density at radius 3 is 2.88 bits per heavy atom. The summed E-state index contributed by atoms with van der Waals surface area (Å²) in [6.07, 6.45) is 4.78. The zero-order valence-electron chi connectivity index (χ0n) is 9.28. The van der Waals surface area contributed by atoms with E-state index in [4.69, 9.17) is 4.74 Å². The van der Waals surface area contributed by atoms with Crippen molar-refractivity contribution in [3.05, 3.63) is 23.8 Å². The number of phenolic OH excluding ortho intramolecular Hbond substituents is 1. The molecule has 1 heterocycles. The van der Waals surface area contributed by atoms with Crippen molar-refractivity contribution >= 4 is 0 Å². The number of hydrogen-bond donors (Lipinski definition) is 2. The van der Waals surface area contributed by atoms with Gasteiger partial charge in [-0.15, -0.1) is 0 Å². The van der Waals surface area contributed by atoms with Crippen LogP contribution in [0.5, 0.6) is 11.5 Å². The Labute approximate surface area is 95.4 Å². The second-order valence-electron chi connectivity index (χ2n) is 4.76. The van der Waals surface area contributed by atoms with E-state index < -0.39 is 0 Å². The van der Waals surface area contributed by atoms with E-state index in [-0.39, 0.29) is 0 Å². The van der Waals surface area contributed by atoms with Crippen molar-refractivity contribution in [2.24, 2.45) is 0 Å². The van der Waals surface area contributed by atoms with Crippen LogP contribution in [-0.2, 0) is 6.42 Å². The molecule has 3 rings (SSSR count). The van der Waals surface area contributed by atoms with Crippen molar-refractivity contribution in [1.29, 1.82) is 0 Å². The number of aromatic hydroxyl groups is 1. The summed E-state index contributed by atoms with van der Waals surface area (Å²) in [7, 11) is 0. The number of phenols is 1. The molecule has 1 unspecified atom stereocenters. The van der Waals surface area contributed by atoms with Crippen LogP contribution in [0.15, 0.2) is 18.2 Å². The van der Waals surface area contributed by atoms with Crippen LogP contribution >= 0.6 is 0 Å². The Morgan fingerprint density at radius 1 is 1.25 bits per heavy atom. The fraction of sp³-hybridized carbons (Fsp3) is 0.538. The number of rotatable bonds is 2. The molecule has 2 aliphatic rings. The molecule has 0 radical (unpaired) electrons. The molecule has 1 aliphatic carbocycles. The minimum absolute atomic E-state index is 0.353. The second kappa shape index (κ2) is 3.98. The third kappa shape index (κ3) is 1.76. The number of fused-ring (bicyclic) bond motifs is 1. The summed E-state index contributed by atoms with van der Waals surface area (Å²) in [5.41, 5.74) is 0.950. The Kier molecular flexibility index (Phi) is 2.48. The van der Waals surface area contributed by atoms with Gasteiger partial charge in [0.15, 0.2) is 0 Å². The topological polar surface area (TPSA) is 41.5 Å². The average Bonchev–Trinajstić information content (AvgIpc) is 2.24. The molecule has 86 valence electrons. The van der Waals surface area contributed by atoms with E-state index in [9.17, 15) is 5.11 Å². The Morgan fingerprint density at radius 2 is 2.12 bits per heavy atom. The van der Waals surface area contributed by atoms with E-state index >= 15 is 0 Å². The van der Waals surface area contributed by atoms with Crippen LogP contribution in [0.3, 0.4) is 0 Å². The summed E-state index contributed by atoms with van der Waals surface area (Å²) in [5, 5.41) is 13.4. The second-order valence-corrected chi connectivity index (χ2v) is 4.76. The van der Waals surface area contributed by atoms with Crippen molar-refractivity contribution in [3.63, 3.8) is 0 Å². The van der Waals surface area contributed by atoms with E-state index in [0.717, 1.165) is 17.7 Å². The quantitative estimate of drug-likeness (QED) is 0.797. The lowest BCUT2D eigenvalue weighted by atomic mass is 9.91. The maximum Gasteiger partial charge on any atom is 0.126 e. The molecule has 16 heavy (non-hydrogen) atoms. The fourth-order valence-electron chi connectivity index (χ4n) is 2.41. The minimum atomic E-state index is 0.353. The molecule has 1 saturated carbocycles. The van der Waals surface area contributed by atoms with Gasteiger partial charge in [-0.3, -0.25) is 0 Å². The van der Waals surface area contributed by atoms with Crippen LogP contribution < -0.4 is 10.1 Å². The minimum Gasteiger partial charge on any atom is -0.508 e. The highest BCUT2D eigenvalue weighted by molar-refractivity contribution is 5.45. The van der Waals surface area contributed by atoms with E-state index in [0.29, 0.717) is 24.4 Å². The first-order valence-corrected chi connectivity index (χ1v) is 6.02. The zero-order chi connectivity index (χ0) is 11.0. The average molecular weight is 219 g/mol. The molecular weight excluding hydrogens is 202 g/mol. The summed E-state index contributed by atoms with van der Waals surface area (Å²) in [4.78, 5) is 0. The molecule has 1 aliphatic heterocycles. The predicted molar refractivity (Wildman–Crippen MR) is 61.9 cm³/mol. The highest BCUT2D eigenvalue weighted by atomic mass is 16.5. The first-order valence-electron chi connectivity index (χ1n) is 6.02. The van der Waals surface area contributed by atoms with E-state index in [2.05, 4.69) is 5.32 Å². The van der Waals surface area contributed by atoms with Gasteiger partial charge in [0.2, 0.25) is 0 Å². The Balaban J connectivity index is 1.72. The third-order valence-electron chi connectivity index (χ3n) is 3.58. The Bertz CT molecular complexity index is 388. The molecule has 1 aromatic carbocycles. The molecule has 0 saturated heterocycles. The van der Waals surface area contributed by atoms with Gasteiger partial charge in [-0.05, 0) is 31.4 Å². The summed E-state index contributed by atoms with van der Waals surface area (Å²) < 4.78 is 5.66. The molecule has 0 bridgehead atoms. The summed E-state index contributed by atoms with van der Waals surface area (Å²) in [6, 6.07) is 6.50. The van der Waals surface area contributed by atoms with Crippen LogP contribution in [-0.4, -0.2) is 23.8 Å². The first-order chi connectivity index (χ1) is 7.83. The highest BCUT2D eigenvalue weighted by Gasteiger charge is 2.26. The fourth-order valence-corrected chi connectivity index (χ4v) is 2.41. The van der Waals surface area contributed by atoms with Gasteiger partial charge in [0.25, 0.3) is 0 Å². The monoisotopic (exact) mass is 219 g/mol. The van der Waals surface area contributed by atoms with Crippen LogP contribution in [0.25, 0.3) is 0 Å². The van der Waals surface area contributed by atoms with Gasteiger partial charge < -0.3 is 15.2 Å². The smallest absolute Gasteiger partial charge is 0.126 e. The number of ether oxygens (including phenoxy) is 1. The van der Waals surface area contributed by atoms with Crippen molar-refractivity contribution in [2.45, 2.75) is 37.8 Å². The molecule has 0 aromatic heterocycles. The third-order valence-corrected chi connectivity index (χ3v) is 3.58. The van der Waals surface area contributed by atoms with Crippen LogP contribution in [0.2, 0.25) is 0 Å². The summed E-state index contributed by atoms with van der Waals surface area (Å²) in [6.45, 7) is 0.715. The van der Waals surface area contributed by atoms with Crippen LogP contribution in [0.1, 0.15) is 24.8 Å². The van der Waals surface area contributed by atoms with E-state index in [1.165, 1.54) is 19.3 Å². The van der Waals surface area contributed by atoms with E-state index in [1.807, 2.05) is 12.1 Å². The maximum absolute atomic E-state index is 9.77. The largest absolute Gasteiger partial charge is 0.508 e. The van der Waals surface area contributed by atoms with Gasteiger partial charge in [0.05, 0.1) is 0 Å². The molecule has 1 atom stereocenters. The van der Waals surface area contributed by atoms with Gasteiger partial charge in [0.1, 0.15) is 18.1 Å². The van der Waals surface area contributed by atoms with Crippen LogP contribution in [0, 0.1) is 0 Å². The van der Waals surface area contributed by atoms with E-state index in [1.54, 1.807) is 6.07 Å². The lowest BCUT2D eigenvalue weighted by Gasteiger charge is -2.34. The lowest BCUT2D eigenvalue weighted by molar-refractivity contribution is 0.202. The normalized spacial score (nSPS) is 24.4. The molecule has 1 aromatic rings. The lowest BCUT2D eigenvalue weighted by Crippen LogP contribution is -2.47. The molecule has 3 nitrogen and oxygen atoms in total. The van der Waals surface area contributed by atoms with Gasteiger partial charge in [-0.1, -0.05) is 12.5 Å². The van der Waals surface area contributed by atoms with Crippen molar-refractivity contribution in [1.82, 2.24) is 5.32 Å². The van der Waals surface area contributed by atoms with Crippen LogP contribution in [0.4, 0.5) is 0 Å². The molecule has 0 amide bonds. The van der Waals surface area contributed by atoms with Crippen molar-refractivity contribution < 1.29 is 9.84 Å². The number of nitrogens with one attached hydrogen (secondary N) is 1. The highest BCUT2D eigenvalue weighted by Crippen LogP contribution is 2.32. The number of hydrogen-bond acceptors (Lipinski definition) is 3. The van der Waals surface area contributed by atoms with Gasteiger partial charge in [-0.2, -0.15) is 0 Å². The SMILES string of the molecule is Oc1cccc2c1CC(NC1CCC1)CO2. The molecule has 3 heteroatoms. The summed E-state index contributed by atoms with van der Waals surface area (Å²) >= 11 is 0. The number of benzene rings is 1. The molecule has 1 fully saturated rings. The van der Waals surface area contributed by atoms with Gasteiger partial charge in [0, 0.05) is 17.6 Å². The van der Waals surface area contributed by atoms with Gasteiger partial charge >= 0.3 is 0 Å². The molecule has 0 spiro atoms. The predicted octanol–water partition coefficient (Wildman–Crippen LogP) is 1.84.